The van der Waals surface area contributed by atoms with Crippen molar-refractivity contribution in [2.24, 2.45) is 0 Å². The number of ether oxygens (including phenoxy) is 1. The molecule has 0 spiro atoms. The second-order valence-electron chi connectivity index (χ2n) is 5.03. The van der Waals surface area contributed by atoms with Crippen molar-refractivity contribution in [2.75, 3.05) is 30.4 Å². The number of nitrogens with zero attached hydrogens (tertiary/aromatic N) is 3. The Bertz CT molecular complexity index is 611. The van der Waals surface area contributed by atoms with E-state index in [9.17, 15) is 0 Å². The van der Waals surface area contributed by atoms with Crippen LogP contribution in [0.1, 0.15) is 25.1 Å². The molecule has 2 aromatic rings. The maximum Gasteiger partial charge on any atom is 0.225 e. The minimum atomic E-state index is 0.630. The minimum Gasteiger partial charge on any atom is -0.496 e. The van der Waals surface area contributed by atoms with E-state index in [4.69, 9.17) is 4.74 Å². The standard InChI is InChI=1S/C17H24N4O/c1-5-21(6-2)16-11-13(3)19-17(20-16)18-12-14-9-7-8-10-15(14)22-4/h7-11H,5-6,12H2,1-4H3,(H,18,19,20). The van der Waals surface area contributed by atoms with Gasteiger partial charge in [0.15, 0.2) is 0 Å². The zero-order valence-corrected chi connectivity index (χ0v) is 13.8. The molecule has 5 nitrogen and oxygen atoms in total. The van der Waals surface area contributed by atoms with E-state index in [-0.39, 0.29) is 0 Å². The molecule has 1 N–H and O–H groups in total. The Morgan fingerprint density at radius 2 is 1.86 bits per heavy atom. The van der Waals surface area contributed by atoms with E-state index < -0.39 is 0 Å². The number of rotatable bonds is 7. The maximum atomic E-state index is 5.37. The summed E-state index contributed by atoms with van der Waals surface area (Å²) >= 11 is 0. The van der Waals surface area contributed by atoms with E-state index in [1.165, 1.54) is 0 Å². The second kappa shape index (κ2) is 7.64. The Kier molecular flexibility index (Phi) is 5.58. The highest BCUT2D eigenvalue weighted by Crippen LogP contribution is 2.19. The predicted octanol–water partition coefficient (Wildman–Crippen LogP) is 3.25. The van der Waals surface area contributed by atoms with Gasteiger partial charge in [-0.25, -0.2) is 4.98 Å². The average molecular weight is 300 g/mol. The number of anilines is 2. The van der Waals surface area contributed by atoms with E-state index >= 15 is 0 Å². The minimum absolute atomic E-state index is 0.630. The molecule has 0 atom stereocenters. The first-order chi connectivity index (χ1) is 10.7. The van der Waals surface area contributed by atoms with Crippen molar-refractivity contribution >= 4 is 11.8 Å². The quantitative estimate of drug-likeness (QED) is 0.850. The van der Waals surface area contributed by atoms with Gasteiger partial charge in [-0.2, -0.15) is 4.98 Å². The lowest BCUT2D eigenvalue weighted by Crippen LogP contribution is -2.23. The van der Waals surface area contributed by atoms with Crippen LogP contribution in [-0.2, 0) is 6.54 Å². The molecule has 0 radical (unpaired) electrons. The molecule has 0 aliphatic heterocycles. The van der Waals surface area contributed by atoms with Crippen LogP contribution in [0.4, 0.5) is 11.8 Å². The number of aromatic nitrogens is 2. The van der Waals surface area contributed by atoms with Gasteiger partial charge in [0.25, 0.3) is 0 Å². The van der Waals surface area contributed by atoms with Gasteiger partial charge in [0, 0.05) is 37.0 Å². The molecule has 0 aliphatic rings. The van der Waals surface area contributed by atoms with Gasteiger partial charge < -0.3 is 15.0 Å². The molecule has 0 aliphatic carbocycles. The fourth-order valence-electron chi connectivity index (χ4n) is 2.36. The largest absolute Gasteiger partial charge is 0.496 e. The van der Waals surface area contributed by atoms with Gasteiger partial charge in [-0.05, 0) is 26.8 Å². The number of hydrogen-bond acceptors (Lipinski definition) is 5. The fraction of sp³-hybridized carbons (Fsp3) is 0.412. The Labute approximate surface area is 132 Å². The molecule has 0 bridgehead atoms. The fourth-order valence-corrected chi connectivity index (χ4v) is 2.36. The van der Waals surface area contributed by atoms with Crippen LogP contribution in [-0.4, -0.2) is 30.2 Å². The van der Waals surface area contributed by atoms with Gasteiger partial charge in [-0.15, -0.1) is 0 Å². The summed E-state index contributed by atoms with van der Waals surface area (Å²) in [7, 11) is 1.68. The van der Waals surface area contributed by atoms with Gasteiger partial charge in [0.05, 0.1) is 7.11 Å². The molecular formula is C17H24N4O. The average Bonchev–Trinajstić information content (AvgIpc) is 2.54. The third-order valence-electron chi connectivity index (χ3n) is 3.56. The number of benzene rings is 1. The number of methoxy groups -OCH3 is 1. The van der Waals surface area contributed by atoms with E-state index in [1.807, 2.05) is 37.3 Å². The smallest absolute Gasteiger partial charge is 0.225 e. The molecule has 5 heteroatoms. The Morgan fingerprint density at radius 3 is 2.55 bits per heavy atom. The van der Waals surface area contributed by atoms with E-state index in [2.05, 4.69) is 34.0 Å². The van der Waals surface area contributed by atoms with Crippen LogP contribution < -0.4 is 15.0 Å². The molecule has 0 unspecified atom stereocenters. The highest BCUT2D eigenvalue weighted by Gasteiger charge is 2.08. The first kappa shape index (κ1) is 16.1. The van der Waals surface area contributed by atoms with Crippen LogP contribution in [0.25, 0.3) is 0 Å². The summed E-state index contributed by atoms with van der Waals surface area (Å²) in [5.41, 5.74) is 2.04. The lowest BCUT2D eigenvalue weighted by atomic mass is 10.2. The van der Waals surface area contributed by atoms with Gasteiger partial charge >= 0.3 is 0 Å². The highest BCUT2D eigenvalue weighted by atomic mass is 16.5. The van der Waals surface area contributed by atoms with Gasteiger partial charge in [-0.1, -0.05) is 18.2 Å². The maximum absolute atomic E-state index is 5.37. The molecule has 0 saturated heterocycles. The summed E-state index contributed by atoms with van der Waals surface area (Å²) in [6.07, 6.45) is 0. The van der Waals surface area contributed by atoms with Crippen LogP contribution in [0.15, 0.2) is 30.3 Å². The van der Waals surface area contributed by atoms with Crippen LogP contribution in [0.5, 0.6) is 5.75 Å². The number of nitrogens with one attached hydrogen (secondary N) is 1. The summed E-state index contributed by atoms with van der Waals surface area (Å²) in [4.78, 5) is 11.3. The SMILES string of the molecule is CCN(CC)c1cc(C)nc(NCc2ccccc2OC)n1. The first-order valence-corrected chi connectivity index (χ1v) is 7.64. The molecule has 22 heavy (non-hydrogen) atoms. The number of hydrogen-bond donors (Lipinski definition) is 1. The normalized spacial score (nSPS) is 10.4. The predicted molar refractivity (Wildman–Crippen MR) is 90.7 cm³/mol. The molecule has 0 saturated carbocycles. The Hall–Kier alpha value is -2.30. The van der Waals surface area contributed by atoms with Gasteiger partial charge in [-0.3, -0.25) is 0 Å². The summed E-state index contributed by atoms with van der Waals surface area (Å²) in [5.74, 6) is 2.47. The third kappa shape index (κ3) is 3.87. The zero-order chi connectivity index (χ0) is 15.9. The van der Waals surface area contributed by atoms with Crippen molar-refractivity contribution in [1.29, 1.82) is 0 Å². The third-order valence-corrected chi connectivity index (χ3v) is 3.56. The van der Waals surface area contributed by atoms with Crippen molar-refractivity contribution in [3.05, 3.63) is 41.6 Å². The zero-order valence-electron chi connectivity index (χ0n) is 13.8. The molecule has 1 heterocycles. The molecule has 0 fully saturated rings. The van der Waals surface area contributed by atoms with Crippen LogP contribution in [0.3, 0.4) is 0 Å². The molecule has 1 aromatic heterocycles. The molecular weight excluding hydrogens is 276 g/mol. The summed E-state index contributed by atoms with van der Waals surface area (Å²) in [5, 5.41) is 3.29. The summed E-state index contributed by atoms with van der Waals surface area (Å²) in [6, 6.07) is 9.96. The number of aryl methyl sites for hydroxylation is 1. The van der Waals surface area contributed by atoms with E-state index in [1.54, 1.807) is 7.11 Å². The molecule has 1 aromatic carbocycles. The van der Waals surface area contributed by atoms with Crippen molar-refractivity contribution in [3.8, 4) is 5.75 Å². The number of para-hydroxylation sites is 1. The lowest BCUT2D eigenvalue weighted by molar-refractivity contribution is 0.410. The van der Waals surface area contributed by atoms with Gasteiger partial charge in [0.2, 0.25) is 5.95 Å². The molecule has 2 rings (SSSR count). The summed E-state index contributed by atoms with van der Waals surface area (Å²) < 4.78 is 5.37. The van der Waals surface area contributed by atoms with Crippen LogP contribution in [0, 0.1) is 6.92 Å². The lowest BCUT2D eigenvalue weighted by Gasteiger charge is -2.20. The topological polar surface area (TPSA) is 50.3 Å². The summed E-state index contributed by atoms with van der Waals surface area (Å²) in [6.45, 7) is 8.73. The Balaban J connectivity index is 2.16. The molecule has 118 valence electrons. The van der Waals surface area contributed by atoms with E-state index in [0.717, 1.165) is 35.9 Å². The monoisotopic (exact) mass is 300 g/mol. The van der Waals surface area contributed by atoms with Crippen molar-refractivity contribution in [3.63, 3.8) is 0 Å². The first-order valence-electron chi connectivity index (χ1n) is 7.64. The van der Waals surface area contributed by atoms with Crippen LogP contribution in [0.2, 0.25) is 0 Å². The van der Waals surface area contributed by atoms with E-state index in [0.29, 0.717) is 12.5 Å². The van der Waals surface area contributed by atoms with Gasteiger partial charge in [0.1, 0.15) is 11.6 Å². The van der Waals surface area contributed by atoms with Crippen molar-refractivity contribution in [1.82, 2.24) is 9.97 Å². The second-order valence-corrected chi connectivity index (χ2v) is 5.03. The highest BCUT2D eigenvalue weighted by molar-refractivity contribution is 5.45. The Morgan fingerprint density at radius 1 is 1.14 bits per heavy atom. The van der Waals surface area contributed by atoms with Crippen molar-refractivity contribution < 1.29 is 4.74 Å². The molecule has 0 amide bonds. The van der Waals surface area contributed by atoms with Crippen LogP contribution >= 0.6 is 0 Å². The van der Waals surface area contributed by atoms with Crippen molar-refractivity contribution in [2.45, 2.75) is 27.3 Å².